The van der Waals surface area contributed by atoms with E-state index in [1.165, 1.54) is 23.9 Å². The lowest BCUT2D eigenvalue weighted by Gasteiger charge is -2.12. The van der Waals surface area contributed by atoms with Gasteiger partial charge in [-0.05, 0) is 35.4 Å². The molecule has 1 aromatic heterocycles. The van der Waals surface area contributed by atoms with Crippen LogP contribution < -0.4 is 5.32 Å². The molecule has 0 amide bonds. The fourth-order valence-corrected chi connectivity index (χ4v) is 3.89. The minimum Gasteiger partial charge on any atom is -0.460 e. The normalized spacial score (nSPS) is 10.7. The van der Waals surface area contributed by atoms with Crippen molar-refractivity contribution in [3.63, 3.8) is 0 Å². The van der Waals surface area contributed by atoms with Crippen LogP contribution in [0.25, 0.3) is 0 Å². The van der Waals surface area contributed by atoms with Crippen molar-refractivity contribution in [2.24, 2.45) is 0 Å². The molecule has 8 heteroatoms. The van der Waals surface area contributed by atoms with Gasteiger partial charge in [0.1, 0.15) is 12.4 Å². The molecule has 0 unspecified atom stereocenters. The van der Waals surface area contributed by atoms with Crippen LogP contribution in [0.5, 0.6) is 0 Å². The standard InChI is InChI=1S/C25H23FN4O2S/c26-21-11-13-22(14-12-21)27-15-23-28-29-25(30(23)16-19-7-3-1-4-8-19)33-18-24(31)32-17-20-9-5-2-6-10-20/h1-14,27H,15-18H2. The molecule has 0 aliphatic carbocycles. The van der Waals surface area contributed by atoms with Gasteiger partial charge in [-0.3, -0.25) is 4.79 Å². The zero-order chi connectivity index (χ0) is 22.9. The summed E-state index contributed by atoms with van der Waals surface area (Å²) in [6.45, 7) is 1.21. The molecule has 4 rings (SSSR count). The van der Waals surface area contributed by atoms with E-state index in [-0.39, 0.29) is 24.1 Å². The number of esters is 1. The molecular formula is C25H23FN4O2S. The summed E-state index contributed by atoms with van der Waals surface area (Å²) in [5.41, 5.74) is 2.82. The van der Waals surface area contributed by atoms with Crippen LogP contribution in [0.3, 0.4) is 0 Å². The first-order valence-electron chi connectivity index (χ1n) is 10.4. The van der Waals surface area contributed by atoms with Crippen molar-refractivity contribution in [1.29, 1.82) is 0 Å². The number of anilines is 1. The maximum absolute atomic E-state index is 13.2. The number of benzene rings is 3. The van der Waals surface area contributed by atoms with Gasteiger partial charge in [-0.2, -0.15) is 0 Å². The number of thioether (sulfide) groups is 1. The van der Waals surface area contributed by atoms with Crippen molar-refractivity contribution in [3.05, 3.63) is 108 Å². The van der Waals surface area contributed by atoms with Crippen LogP contribution >= 0.6 is 11.8 Å². The van der Waals surface area contributed by atoms with E-state index in [0.717, 1.165) is 16.8 Å². The molecule has 6 nitrogen and oxygen atoms in total. The molecule has 0 aliphatic rings. The summed E-state index contributed by atoms with van der Waals surface area (Å²) in [4.78, 5) is 12.3. The van der Waals surface area contributed by atoms with E-state index >= 15 is 0 Å². The van der Waals surface area contributed by atoms with Crippen LogP contribution in [0.15, 0.2) is 90.1 Å². The fraction of sp³-hybridized carbons (Fsp3) is 0.160. The minimum absolute atomic E-state index is 0.130. The summed E-state index contributed by atoms with van der Waals surface area (Å²) in [6.07, 6.45) is 0. The molecule has 168 valence electrons. The number of aromatic nitrogens is 3. The number of nitrogens with one attached hydrogen (secondary N) is 1. The molecule has 0 radical (unpaired) electrons. The Morgan fingerprint density at radius 2 is 1.58 bits per heavy atom. The molecule has 0 saturated carbocycles. The fourth-order valence-electron chi connectivity index (χ4n) is 3.13. The zero-order valence-electron chi connectivity index (χ0n) is 17.9. The number of halogens is 1. The number of hydrogen-bond donors (Lipinski definition) is 1. The highest BCUT2D eigenvalue weighted by molar-refractivity contribution is 7.99. The van der Waals surface area contributed by atoms with Crippen molar-refractivity contribution >= 4 is 23.4 Å². The van der Waals surface area contributed by atoms with Crippen molar-refractivity contribution in [1.82, 2.24) is 14.8 Å². The molecule has 0 fully saturated rings. The van der Waals surface area contributed by atoms with E-state index in [4.69, 9.17) is 4.74 Å². The van der Waals surface area contributed by atoms with Gasteiger partial charge in [0, 0.05) is 5.69 Å². The van der Waals surface area contributed by atoms with Gasteiger partial charge < -0.3 is 14.6 Å². The third-order valence-corrected chi connectivity index (χ3v) is 5.77. The van der Waals surface area contributed by atoms with Gasteiger partial charge >= 0.3 is 5.97 Å². The number of carbonyl (C=O) groups excluding carboxylic acids is 1. The topological polar surface area (TPSA) is 69.0 Å². The van der Waals surface area contributed by atoms with E-state index in [1.807, 2.05) is 65.2 Å². The van der Waals surface area contributed by atoms with Crippen LogP contribution in [0.2, 0.25) is 0 Å². The Morgan fingerprint density at radius 1 is 0.909 bits per heavy atom. The lowest BCUT2D eigenvalue weighted by molar-refractivity contribution is -0.141. The van der Waals surface area contributed by atoms with E-state index in [9.17, 15) is 9.18 Å². The minimum atomic E-state index is -0.316. The maximum Gasteiger partial charge on any atom is 0.316 e. The molecule has 0 saturated heterocycles. The molecule has 0 aliphatic heterocycles. The summed E-state index contributed by atoms with van der Waals surface area (Å²) < 4.78 is 20.5. The van der Waals surface area contributed by atoms with E-state index < -0.39 is 0 Å². The predicted molar refractivity (Wildman–Crippen MR) is 126 cm³/mol. The average Bonchev–Trinajstić information content (AvgIpc) is 3.23. The van der Waals surface area contributed by atoms with Crippen LogP contribution in [0.4, 0.5) is 10.1 Å². The summed E-state index contributed by atoms with van der Waals surface area (Å²) in [7, 11) is 0. The van der Waals surface area contributed by atoms with Crippen molar-refractivity contribution in [3.8, 4) is 0 Å². The van der Waals surface area contributed by atoms with Gasteiger partial charge in [0.2, 0.25) is 0 Å². The van der Waals surface area contributed by atoms with Crippen molar-refractivity contribution in [2.75, 3.05) is 11.1 Å². The summed E-state index contributed by atoms with van der Waals surface area (Å²) >= 11 is 1.29. The second-order valence-electron chi connectivity index (χ2n) is 7.27. The predicted octanol–water partition coefficient (Wildman–Crippen LogP) is 4.91. The average molecular weight is 463 g/mol. The largest absolute Gasteiger partial charge is 0.460 e. The molecular weight excluding hydrogens is 439 g/mol. The molecule has 0 atom stereocenters. The summed E-state index contributed by atoms with van der Waals surface area (Å²) in [5, 5.41) is 12.5. The second-order valence-corrected chi connectivity index (χ2v) is 8.21. The molecule has 0 bridgehead atoms. The highest BCUT2D eigenvalue weighted by Crippen LogP contribution is 2.20. The smallest absolute Gasteiger partial charge is 0.316 e. The Kier molecular flexibility index (Phi) is 7.71. The van der Waals surface area contributed by atoms with Gasteiger partial charge in [0.25, 0.3) is 0 Å². The van der Waals surface area contributed by atoms with E-state index in [2.05, 4.69) is 15.5 Å². The Balaban J connectivity index is 1.42. The molecule has 1 heterocycles. The number of rotatable bonds is 10. The molecule has 0 spiro atoms. The van der Waals surface area contributed by atoms with Crippen molar-refractivity contribution < 1.29 is 13.9 Å². The molecule has 33 heavy (non-hydrogen) atoms. The first-order valence-corrected chi connectivity index (χ1v) is 11.4. The van der Waals surface area contributed by atoms with E-state index in [1.54, 1.807) is 12.1 Å². The maximum atomic E-state index is 13.2. The van der Waals surface area contributed by atoms with Crippen LogP contribution in [-0.2, 0) is 29.2 Å². The van der Waals surface area contributed by atoms with Crippen LogP contribution in [-0.4, -0.2) is 26.5 Å². The van der Waals surface area contributed by atoms with Gasteiger partial charge in [-0.25, -0.2) is 4.39 Å². The highest BCUT2D eigenvalue weighted by atomic mass is 32.2. The van der Waals surface area contributed by atoms with Gasteiger partial charge in [0.05, 0.1) is 18.8 Å². The number of nitrogens with zero attached hydrogens (tertiary/aromatic N) is 3. The zero-order valence-corrected chi connectivity index (χ0v) is 18.7. The van der Waals surface area contributed by atoms with Gasteiger partial charge in [-0.15, -0.1) is 10.2 Å². The number of ether oxygens (including phenoxy) is 1. The Bertz CT molecular complexity index is 1170. The van der Waals surface area contributed by atoms with Gasteiger partial charge in [0.15, 0.2) is 11.0 Å². The lowest BCUT2D eigenvalue weighted by atomic mass is 10.2. The Labute approximate surface area is 195 Å². The van der Waals surface area contributed by atoms with Crippen molar-refractivity contribution in [2.45, 2.75) is 24.9 Å². The second kappa shape index (κ2) is 11.3. The quantitative estimate of drug-likeness (QED) is 0.267. The monoisotopic (exact) mass is 462 g/mol. The van der Waals surface area contributed by atoms with E-state index in [0.29, 0.717) is 24.1 Å². The summed E-state index contributed by atoms with van der Waals surface area (Å²) in [5.74, 6) is 0.239. The number of carbonyl (C=O) groups is 1. The molecule has 4 aromatic rings. The highest BCUT2D eigenvalue weighted by Gasteiger charge is 2.15. The SMILES string of the molecule is O=C(CSc1nnc(CNc2ccc(F)cc2)n1Cc1ccccc1)OCc1ccccc1. The lowest BCUT2D eigenvalue weighted by Crippen LogP contribution is -2.12. The first kappa shape index (κ1) is 22.5. The number of hydrogen-bond acceptors (Lipinski definition) is 6. The summed E-state index contributed by atoms with van der Waals surface area (Å²) in [6, 6.07) is 25.7. The third-order valence-electron chi connectivity index (χ3n) is 4.83. The molecule has 1 N–H and O–H groups in total. The Morgan fingerprint density at radius 3 is 2.27 bits per heavy atom. The Hall–Kier alpha value is -3.65. The van der Waals surface area contributed by atoms with Crippen LogP contribution in [0, 0.1) is 5.82 Å². The molecule has 3 aromatic carbocycles. The van der Waals surface area contributed by atoms with Gasteiger partial charge in [-0.1, -0.05) is 72.4 Å². The first-order chi connectivity index (χ1) is 16.2. The third kappa shape index (κ3) is 6.66. The van der Waals surface area contributed by atoms with Crippen LogP contribution in [0.1, 0.15) is 17.0 Å².